The van der Waals surface area contributed by atoms with Gasteiger partial charge in [-0.15, -0.1) is 10.2 Å². The monoisotopic (exact) mass is 477 g/mol. The van der Waals surface area contributed by atoms with Crippen LogP contribution in [0.4, 0.5) is 11.6 Å². The lowest BCUT2D eigenvalue weighted by Gasteiger charge is -2.34. The van der Waals surface area contributed by atoms with Gasteiger partial charge in [-0.2, -0.15) is 4.31 Å². The molecular formula is C26H31N5O2S. The molecule has 1 aromatic heterocycles. The predicted octanol–water partition coefficient (Wildman–Crippen LogP) is 4.03. The Balaban J connectivity index is 1.21. The lowest BCUT2D eigenvalue weighted by Crippen LogP contribution is -2.49. The minimum atomic E-state index is -3.53. The molecule has 5 rings (SSSR count). The van der Waals surface area contributed by atoms with Gasteiger partial charge in [0.25, 0.3) is 0 Å². The van der Waals surface area contributed by atoms with Gasteiger partial charge in [-0.25, -0.2) is 8.42 Å². The van der Waals surface area contributed by atoms with Gasteiger partial charge in [0.2, 0.25) is 10.0 Å². The number of rotatable bonds is 5. The zero-order chi connectivity index (χ0) is 23.4. The first-order chi connectivity index (χ1) is 16.6. The number of hydrogen-bond acceptors (Lipinski definition) is 6. The van der Waals surface area contributed by atoms with E-state index >= 15 is 0 Å². The highest BCUT2D eigenvalue weighted by Crippen LogP contribution is 2.25. The first-order valence-corrected chi connectivity index (χ1v) is 13.5. The second kappa shape index (κ2) is 10.1. The SMILES string of the molecule is O=S(=O)(c1ccc(-c2ccccc2)cc1)N1CCN(c2ccc(N3CCCCCC3)nn2)CC1. The average molecular weight is 478 g/mol. The summed E-state index contributed by atoms with van der Waals surface area (Å²) in [6, 6.07) is 21.2. The van der Waals surface area contributed by atoms with Crippen molar-refractivity contribution >= 4 is 21.7 Å². The minimum absolute atomic E-state index is 0.335. The second-order valence-electron chi connectivity index (χ2n) is 8.93. The predicted molar refractivity (Wildman–Crippen MR) is 136 cm³/mol. The van der Waals surface area contributed by atoms with E-state index in [1.54, 1.807) is 16.4 Å². The molecule has 0 amide bonds. The molecule has 0 spiro atoms. The summed E-state index contributed by atoms with van der Waals surface area (Å²) in [7, 11) is -3.53. The van der Waals surface area contributed by atoms with Gasteiger partial charge in [0.15, 0.2) is 11.6 Å². The molecule has 2 saturated heterocycles. The van der Waals surface area contributed by atoms with E-state index in [9.17, 15) is 8.42 Å². The maximum Gasteiger partial charge on any atom is 0.243 e. The molecule has 2 aliphatic rings. The van der Waals surface area contributed by atoms with E-state index < -0.39 is 10.0 Å². The summed E-state index contributed by atoms with van der Waals surface area (Å²) >= 11 is 0. The molecule has 0 N–H and O–H groups in total. The van der Waals surface area contributed by atoms with Crippen molar-refractivity contribution in [3.05, 3.63) is 66.7 Å². The van der Waals surface area contributed by atoms with Crippen LogP contribution in [0.1, 0.15) is 25.7 Å². The third-order valence-electron chi connectivity index (χ3n) is 6.73. The first kappa shape index (κ1) is 22.8. The second-order valence-corrected chi connectivity index (χ2v) is 10.9. The van der Waals surface area contributed by atoms with Gasteiger partial charge in [-0.05, 0) is 48.2 Å². The average Bonchev–Trinajstić information content (AvgIpc) is 3.19. The Hall–Kier alpha value is -2.97. The number of hydrogen-bond donors (Lipinski definition) is 0. The molecule has 3 heterocycles. The number of aromatic nitrogens is 2. The van der Waals surface area contributed by atoms with Crippen molar-refractivity contribution in [3.8, 4) is 11.1 Å². The Morgan fingerprint density at radius 2 is 1.09 bits per heavy atom. The lowest BCUT2D eigenvalue weighted by molar-refractivity contribution is 0.383. The number of nitrogens with zero attached hydrogens (tertiary/aromatic N) is 5. The van der Waals surface area contributed by atoms with Crippen LogP contribution >= 0.6 is 0 Å². The fourth-order valence-electron chi connectivity index (χ4n) is 4.71. The van der Waals surface area contributed by atoms with Crippen LogP contribution in [0.25, 0.3) is 11.1 Å². The molecule has 0 radical (unpaired) electrons. The highest BCUT2D eigenvalue weighted by Gasteiger charge is 2.29. The summed E-state index contributed by atoms with van der Waals surface area (Å²) in [6.07, 6.45) is 4.97. The van der Waals surface area contributed by atoms with E-state index in [0.717, 1.165) is 35.9 Å². The Morgan fingerprint density at radius 3 is 1.65 bits per heavy atom. The lowest BCUT2D eigenvalue weighted by atomic mass is 10.1. The van der Waals surface area contributed by atoms with E-state index in [0.29, 0.717) is 31.1 Å². The molecule has 7 nitrogen and oxygen atoms in total. The highest BCUT2D eigenvalue weighted by molar-refractivity contribution is 7.89. The molecule has 8 heteroatoms. The Kier molecular flexibility index (Phi) is 6.78. The summed E-state index contributed by atoms with van der Waals surface area (Å²) in [5.74, 6) is 1.74. The van der Waals surface area contributed by atoms with Crippen LogP contribution in [-0.4, -0.2) is 62.2 Å². The molecule has 0 bridgehead atoms. The third-order valence-corrected chi connectivity index (χ3v) is 8.64. The number of piperazine rings is 1. The molecule has 0 unspecified atom stereocenters. The Labute approximate surface area is 202 Å². The summed E-state index contributed by atoms with van der Waals surface area (Å²) < 4.78 is 28.0. The molecule has 2 aliphatic heterocycles. The number of anilines is 2. The smallest absolute Gasteiger partial charge is 0.243 e. The van der Waals surface area contributed by atoms with E-state index in [-0.39, 0.29) is 0 Å². The maximum atomic E-state index is 13.2. The normalized spacial score (nSPS) is 18.0. The third kappa shape index (κ3) is 4.93. The van der Waals surface area contributed by atoms with E-state index in [2.05, 4.69) is 20.0 Å². The van der Waals surface area contributed by atoms with Crippen molar-refractivity contribution < 1.29 is 8.42 Å². The van der Waals surface area contributed by atoms with Gasteiger partial charge < -0.3 is 9.80 Å². The maximum absolute atomic E-state index is 13.2. The van der Waals surface area contributed by atoms with Gasteiger partial charge in [0.05, 0.1) is 4.90 Å². The van der Waals surface area contributed by atoms with Crippen LogP contribution in [0.5, 0.6) is 0 Å². The van der Waals surface area contributed by atoms with Crippen LogP contribution in [-0.2, 0) is 10.0 Å². The van der Waals surface area contributed by atoms with Gasteiger partial charge >= 0.3 is 0 Å². The molecule has 178 valence electrons. The molecule has 34 heavy (non-hydrogen) atoms. The van der Waals surface area contributed by atoms with Gasteiger partial charge in [-0.3, -0.25) is 0 Å². The van der Waals surface area contributed by atoms with Crippen LogP contribution in [0, 0.1) is 0 Å². The summed E-state index contributed by atoms with van der Waals surface area (Å²) in [4.78, 5) is 4.77. The van der Waals surface area contributed by atoms with Crippen LogP contribution in [0.15, 0.2) is 71.6 Å². The number of benzene rings is 2. The zero-order valence-electron chi connectivity index (χ0n) is 19.4. The first-order valence-electron chi connectivity index (χ1n) is 12.1. The number of sulfonamides is 1. The van der Waals surface area contributed by atoms with Crippen LogP contribution < -0.4 is 9.80 Å². The fourth-order valence-corrected chi connectivity index (χ4v) is 6.13. The van der Waals surface area contributed by atoms with Crippen molar-refractivity contribution in [1.29, 1.82) is 0 Å². The Bertz CT molecular complexity index is 1170. The van der Waals surface area contributed by atoms with Crippen LogP contribution in [0.2, 0.25) is 0 Å². The van der Waals surface area contributed by atoms with Crippen molar-refractivity contribution in [1.82, 2.24) is 14.5 Å². The molecule has 2 fully saturated rings. The zero-order valence-corrected chi connectivity index (χ0v) is 20.2. The van der Waals surface area contributed by atoms with E-state index in [1.165, 1.54) is 25.7 Å². The van der Waals surface area contributed by atoms with Crippen molar-refractivity contribution in [2.75, 3.05) is 49.1 Å². The van der Waals surface area contributed by atoms with Gasteiger partial charge in [-0.1, -0.05) is 55.3 Å². The molecule has 3 aromatic rings. The Morgan fingerprint density at radius 1 is 0.559 bits per heavy atom. The molecule has 0 aliphatic carbocycles. The van der Waals surface area contributed by atoms with Crippen molar-refractivity contribution in [2.24, 2.45) is 0 Å². The van der Waals surface area contributed by atoms with Crippen molar-refractivity contribution in [3.63, 3.8) is 0 Å². The summed E-state index contributed by atoms with van der Waals surface area (Å²) in [6.45, 7) is 4.13. The van der Waals surface area contributed by atoms with E-state index in [4.69, 9.17) is 0 Å². The largest absolute Gasteiger partial charge is 0.355 e. The summed E-state index contributed by atoms with van der Waals surface area (Å²) in [5.41, 5.74) is 2.08. The topological polar surface area (TPSA) is 69.6 Å². The molecular weight excluding hydrogens is 446 g/mol. The standard InChI is InChI=1S/C26H31N5O2S/c32-34(33,24-12-10-23(11-13-24)22-8-4-3-5-9-22)31-20-18-30(19-21-31)26-15-14-25(27-28-26)29-16-6-1-2-7-17-29/h3-5,8-15H,1-2,6-7,16-21H2. The quantitative estimate of drug-likeness (QED) is 0.553. The van der Waals surface area contributed by atoms with Gasteiger partial charge in [0.1, 0.15) is 0 Å². The highest BCUT2D eigenvalue weighted by atomic mass is 32.2. The molecule has 0 atom stereocenters. The molecule has 0 saturated carbocycles. The van der Waals surface area contributed by atoms with Crippen LogP contribution in [0.3, 0.4) is 0 Å². The molecule has 2 aromatic carbocycles. The fraction of sp³-hybridized carbons (Fsp3) is 0.385. The van der Waals surface area contributed by atoms with Gasteiger partial charge in [0, 0.05) is 39.3 Å². The van der Waals surface area contributed by atoms with E-state index in [1.807, 2.05) is 54.6 Å². The summed E-state index contributed by atoms with van der Waals surface area (Å²) in [5, 5.41) is 8.93. The minimum Gasteiger partial charge on any atom is -0.355 e. The van der Waals surface area contributed by atoms with Crippen molar-refractivity contribution in [2.45, 2.75) is 30.6 Å².